The smallest absolute Gasteiger partial charge is 0.327 e. The molecule has 1 heterocycles. The second-order valence-corrected chi connectivity index (χ2v) is 7.73. The molecular formula is C23H28N2O3. The topological polar surface area (TPSA) is 60.9 Å². The fraction of sp³-hybridized carbons (Fsp3) is 0.391. The van der Waals surface area contributed by atoms with Gasteiger partial charge in [-0.2, -0.15) is 0 Å². The SMILES string of the molecule is CC(C)[C@H]1CN([C@H](C)c2ccccc2)C(=O)N1C(=O)C[C@@H](O)c1ccccc1. The second-order valence-electron chi connectivity index (χ2n) is 7.73. The van der Waals surface area contributed by atoms with Crippen molar-refractivity contribution in [3.63, 3.8) is 0 Å². The highest BCUT2D eigenvalue weighted by molar-refractivity contribution is 5.97. The fourth-order valence-corrected chi connectivity index (χ4v) is 3.73. The first kappa shape index (κ1) is 20.1. The molecule has 1 saturated heterocycles. The van der Waals surface area contributed by atoms with Crippen molar-refractivity contribution in [1.82, 2.24) is 9.80 Å². The van der Waals surface area contributed by atoms with Crippen molar-refractivity contribution in [2.75, 3.05) is 6.54 Å². The monoisotopic (exact) mass is 380 g/mol. The summed E-state index contributed by atoms with van der Waals surface area (Å²) >= 11 is 0. The van der Waals surface area contributed by atoms with E-state index in [1.807, 2.05) is 69.3 Å². The normalized spacial score (nSPS) is 19.2. The van der Waals surface area contributed by atoms with Gasteiger partial charge in [0, 0.05) is 6.54 Å². The van der Waals surface area contributed by atoms with Gasteiger partial charge >= 0.3 is 6.03 Å². The molecule has 0 saturated carbocycles. The number of urea groups is 1. The maximum Gasteiger partial charge on any atom is 0.327 e. The molecule has 0 unspecified atom stereocenters. The number of rotatable bonds is 6. The number of hydrogen-bond donors (Lipinski definition) is 1. The minimum absolute atomic E-state index is 0.105. The maximum absolute atomic E-state index is 13.1. The Labute approximate surface area is 166 Å². The number of carbonyl (C=O) groups is 2. The van der Waals surface area contributed by atoms with Crippen LogP contribution in [0.1, 0.15) is 50.5 Å². The number of imide groups is 1. The fourth-order valence-electron chi connectivity index (χ4n) is 3.73. The molecule has 0 radical (unpaired) electrons. The Morgan fingerprint density at radius 2 is 1.54 bits per heavy atom. The van der Waals surface area contributed by atoms with E-state index in [9.17, 15) is 14.7 Å². The molecule has 2 aromatic carbocycles. The van der Waals surface area contributed by atoms with Crippen molar-refractivity contribution >= 4 is 11.9 Å². The summed E-state index contributed by atoms with van der Waals surface area (Å²) in [5, 5.41) is 10.4. The maximum atomic E-state index is 13.1. The molecule has 5 heteroatoms. The van der Waals surface area contributed by atoms with Gasteiger partial charge in [-0.05, 0) is 24.0 Å². The average Bonchev–Trinajstić information content (AvgIpc) is 3.06. The highest BCUT2D eigenvalue weighted by Crippen LogP contribution is 2.31. The highest BCUT2D eigenvalue weighted by atomic mass is 16.3. The lowest BCUT2D eigenvalue weighted by atomic mass is 10.0. The number of aliphatic hydroxyl groups is 1. The van der Waals surface area contributed by atoms with Crippen LogP contribution in [0.25, 0.3) is 0 Å². The van der Waals surface area contributed by atoms with Crippen molar-refractivity contribution in [2.24, 2.45) is 5.92 Å². The molecular weight excluding hydrogens is 352 g/mol. The van der Waals surface area contributed by atoms with Crippen LogP contribution in [-0.4, -0.2) is 39.4 Å². The minimum Gasteiger partial charge on any atom is -0.388 e. The first-order chi connectivity index (χ1) is 13.4. The molecule has 0 aliphatic carbocycles. The zero-order chi connectivity index (χ0) is 20.3. The Morgan fingerprint density at radius 3 is 2.07 bits per heavy atom. The predicted molar refractivity (Wildman–Crippen MR) is 108 cm³/mol. The summed E-state index contributed by atoms with van der Waals surface area (Å²) in [5.41, 5.74) is 1.72. The lowest BCUT2D eigenvalue weighted by Gasteiger charge is -2.25. The van der Waals surface area contributed by atoms with Gasteiger partial charge in [-0.1, -0.05) is 74.5 Å². The second kappa shape index (κ2) is 8.57. The third-order valence-corrected chi connectivity index (χ3v) is 5.51. The Balaban J connectivity index is 1.78. The third kappa shape index (κ3) is 4.09. The Morgan fingerprint density at radius 1 is 1.00 bits per heavy atom. The molecule has 5 nitrogen and oxygen atoms in total. The Kier molecular flexibility index (Phi) is 6.15. The third-order valence-electron chi connectivity index (χ3n) is 5.51. The first-order valence-corrected chi connectivity index (χ1v) is 9.80. The van der Waals surface area contributed by atoms with Crippen LogP contribution in [0.3, 0.4) is 0 Å². The molecule has 3 amide bonds. The van der Waals surface area contributed by atoms with E-state index in [1.165, 1.54) is 4.90 Å². The van der Waals surface area contributed by atoms with Gasteiger partial charge in [-0.3, -0.25) is 9.69 Å². The summed E-state index contributed by atoms with van der Waals surface area (Å²) in [7, 11) is 0. The molecule has 1 aliphatic rings. The van der Waals surface area contributed by atoms with E-state index in [1.54, 1.807) is 17.0 Å². The summed E-state index contributed by atoms with van der Waals surface area (Å²) in [6.45, 7) is 6.52. The van der Waals surface area contributed by atoms with Crippen LogP contribution in [0.4, 0.5) is 4.79 Å². The van der Waals surface area contributed by atoms with Crippen molar-refractivity contribution in [1.29, 1.82) is 0 Å². The number of carbonyl (C=O) groups excluding carboxylic acids is 2. The van der Waals surface area contributed by atoms with Crippen LogP contribution >= 0.6 is 0 Å². The molecule has 1 N–H and O–H groups in total. The van der Waals surface area contributed by atoms with E-state index in [-0.39, 0.29) is 36.4 Å². The number of aliphatic hydroxyl groups excluding tert-OH is 1. The van der Waals surface area contributed by atoms with E-state index in [2.05, 4.69) is 0 Å². The lowest BCUT2D eigenvalue weighted by Crippen LogP contribution is -2.43. The quantitative estimate of drug-likeness (QED) is 0.819. The highest BCUT2D eigenvalue weighted by Gasteiger charge is 2.44. The molecule has 0 bridgehead atoms. The van der Waals surface area contributed by atoms with Crippen molar-refractivity contribution in [2.45, 2.75) is 45.4 Å². The molecule has 3 rings (SSSR count). The van der Waals surface area contributed by atoms with Crippen LogP contribution in [0.2, 0.25) is 0 Å². The summed E-state index contributed by atoms with van der Waals surface area (Å²) in [6.07, 6.45) is -1.03. The van der Waals surface area contributed by atoms with Gasteiger partial charge in [-0.25, -0.2) is 4.79 Å². The number of amides is 3. The van der Waals surface area contributed by atoms with Crippen LogP contribution in [-0.2, 0) is 4.79 Å². The average molecular weight is 380 g/mol. The molecule has 3 atom stereocenters. The van der Waals surface area contributed by atoms with Gasteiger partial charge in [0.25, 0.3) is 0 Å². The van der Waals surface area contributed by atoms with Gasteiger partial charge in [0.1, 0.15) is 0 Å². The van der Waals surface area contributed by atoms with Gasteiger partial charge in [0.15, 0.2) is 0 Å². The predicted octanol–water partition coefficient (Wildman–Crippen LogP) is 4.16. The minimum atomic E-state index is -0.921. The summed E-state index contributed by atoms with van der Waals surface area (Å²) in [4.78, 5) is 29.2. The molecule has 1 fully saturated rings. The molecule has 28 heavy (non-hydrogen) atoms. The van der Waals surface area contributed by atoms with Crippen LogP contribution in [0.15, 0.2) is 60.7 Å². The van der Waals surface area contributed by atoms with E-state index < -0.39 is 6.10 Å². The molecule has 0 spiro atoms. The number of benzene rings is 2. The first-order valence-electron chi connectivity index (χ1n) is 9.80. The van der Waals surface area contributed by atoms with Gasteiger partial charge in [-0.15, -0.1) is 0 Å². The number of nitrogens with zero attached hydrogens (tertiary/aromatic N) is 2. The lowest BCUT2D eigenvalue weighted by molar-refractivity contribution is -0.131. The van der Waals surface area contributed by atoms with E-state index in [0.29, 0.717) is 12.1 Å². The van der Waals surface area contributed by atoms with Crippen molar-refractivity contribution in [3.05, 3.63) is 71.8 Å². The van der Waals surface area contributed by atoms with Gasteiger partial charge in [0.2, 0.25) is 5.91 Å². The summed E-state index contributed by atoms with van der Waals surface area (Å²) < 4.78 is 0. The summed E-state index contributed by atoms with van der Waals surface area (Å²) in [6, 6.07) is 18.3. The Hall–Kier alpha value is -2.66. The van der Waals surface area contributed by atoms with Crippen LogP contribution < -0.4 is 0 Å². The standard InChI is InChI=1S/C23H28N2O3/c1-16(2)20-15-24(17(3)18-10-6-4-7-11-18)23(28)25(20)22(27)14-21(26)19-12-8-5-9-13-19/h4-13,16-17,20-21,26H,14-15H2,1-3H3/t17-,20-,21-/m1/s1. The zero-order valence-electron chi connectivity index (χ0n) is 16.7. The molecule has 1 aliphatic heterocycles. The summed E-state index contributed by atoms with van der Waals surface area (Å²) in [5.74, 6) is -0.197. The van der Waals surface area contributed by atoms with Gasteiger partial charge < -0.3 is 10.0 Å². The van der Waals surface area contributed by atoms with E-state index in [0.717, 1.165) is 5.56 Å². The zero-order valence-corrected chi connectivity index (χ0v) is 16.7. The molecule has 2 aromatic rings. The van der Waals surface area contributed by atoms with Crippen LogP contribution in [0, 0.1) is 5.92 Å². The largest absolute Gasteiger partial charge is 0.388 e. The Bertz CT molecular complexity index is 807. The van der Waals surface area contributed by atoms with Crippen LogP contribution in [0.5, 0.6) is 0 Å². The van der Waals surface area contributed by atoms with Gasteiger partial charge in [0.05, 0.1) is 24.6 Å². The van der Waals surface area contributed by atoms with Crippen molar-refractivity contribution < 1.29 is 14.7 Å². The van der Waals surface area contributed by atoms with E-state index >= 15 is 0 Å². The van der Waals surface area contributed by atoms with E-state index in [4.69, 9.17) is 0 Å². The molecule has 0 aromatic heterocycles. The number of hydrogen-bond acceptors (Lipinski definition) is 3. The van der Waals surface area contributed by atoms with Crippen molar-refractivity contribution in [3.8, 4) is 0 Å². The molecule has 148 valence electrons.